The average molecular weight is 320 g/mol. The summed E-state index contributed by atoms with van der Waals surface area (Å²) in [6.07, 6.45) is 0. The first-order valence-corrected chi connectivity index (χ1v) is 8.09. The Morgan fingerprint density at radius 2 is 1.82 bits per heavy atom. The molecule has 0 bridgehead atoms. The fourth-order valence-electron chi connectivity index (χ4n) is 2.83. The monoisotopic (exact) mass is 320 g/mol. The van der Waals surface area contributed by atoms with Crippen molar-refractivity contribution in [2.75, 3.05) is 31.1 Å². The highest BCUT2D eigenvalue weighted by atomic mass is 32.1. The Balaban J connectivity index is 1.68. The quantitative estimate of drug-likeness (QED) is 0.941. The summed E-state index contributed by atoms with van der Waals surface area (Å²) in [6.45, 7) is 2.81. The molecule has 0 amide bonds. The van der Waals surface area contributed by atoms with E-state index in [1.807, 2.05) is 21.7 Å². The summed E-state index contributed by atoms with van der Waals surface area (Å²) in [6, 6.07) is 7.72. The highest BCUT2D eigenvalue weighted by Crippen LogP contribution is 2.26. The lowest BCUT2D eigenvalue weighted by Crippen LogP contribution is -2.49. The number of benzene rings is 1. The zero-order valence-corrected chi connectivity index (χ0v) is 12.8. The molecule has 22 heavy (non-hydrogen) atoms. The van der Waals surface area contributed by atoms with E-state index in [1.54, 1.807) is 12.1 Å². The van der Waals surface area contributed by atoms with E-state index in [-0.39, 0.29) is 5.82 Å². The minimum Gasteiger partial charge on any atom is -0.480 e. The molecule has 2 aromatic rings. The van der Waals surface area contributed by atoms with Crippen molar-refractivity contribution in [3.63, 3.8) is 0 Å². The zero-order chi connectivity index (χ0) is 15.5. The third-order valence-corrected chi connectivity index (χ3v) is 4.67. The van der Waals surface area contributed by atoms with Gasteiger partial charge in [0.25, 0.3) is 0 Å². The molecular formula is C16H17FN2O2S. The van der Waals surface area contributed by atoms with Crippen LogP contribution in [0.4, 0.5) is 10.1 Å². The van der Waals surface area contributed by atoms with Crippen LogP contribution in [-0.2, 0) is 4.79 Å². The second-order valence-electron chi connectivity index (χ2n) is 5.30. The van der Waals surface area contributed by atoms with E-state index in [1.165, 1.54) is 23.5 Å². The summed E-state index contributed by atoms with van der Waals surface area (Å²) < 4.78 is 13.0. The minimum absolute atomic E-state index is 0.245. The van der Waals surface area contributed by atoms with Crippen molar-refractivity contribution in [1.29, 1.82) is 0 Å². The number of hydrogen-bond donors (Lipinski definition) is 1. The molecule has 0 spiro atoms. The summed E-state index contributed by atoms with van der Waals surface area (Å²) in [7, 11) is 0. The summed E-state index contributed by atoms with van der Waals surface area (Å²) in [5.41, 5.74) is 1.82. The van der Waals surface area contributed by atoms with Crippen LogP contribution < -0.4 is 4.90 Å². The maximum atomic E-state index is 13.0. The first kappa shape index (κ1) is 15.0. The van der Waals surface area contributed by atoms with Crippen LogP contribution in [0.1, 0.15) is 11.6 Å². The molecule has 6 heteroatoms. The minimum atomic E-state index is -0.811. The van der Waals surface area contributed by atoms with Gasteiger partial charge in [-0.05, 0) is 46.7 Å². The lowest BCUT2D eigenvalue weighted by molar-refractivity contribution is -0.143. The number of carboxylic acid groups (broad SMARTS) is 1. The number of anilines is 1. The molecule has 2 heterocycles. The van der Waals surface area contributed by atoms with Crippen molar-refractivity contribution in [3.05, 3.63) is 52.5 Å². The Bertz CT molecular complexity index is 622. The number of hydrogen-bond acceptors (Lipinski definition) is 4. The summed E-state index contributed by atoms with van der Waals surface area (Å²) >= 11 is 1.51. The number of thiophene rings is 1. The number of aliphatic carboxylic acids is 1. The Kier molecular flexibility index (Phi) is 4.40. The number of halogens is 1. The fourth-order valence-corrected chi connectivity index (χ4v) is 3.51. The van der Waals surface area contributed by atoms with Gasteiger partial charge in [-0.1, -0.05) is 0 Å². The van der Waals surface area contributed by atoms with Crippen LogP contribution in [0.3, 0.4) is 0 Å². The second-order valence-corrected chi connectivity index (χ2v) is 6.08. The summed E-state index contributed by atoms with van der Waals surface area (Å²) in [5.74, 6) is -1.06. The fraction of sp³-hybridized carbons (Fsp3) is 0.312. The first-order valence-electron chi connectivity index (χ1n) is 7.14. The van der Waals surface area contributed by atoms with E-state index in [0.717, 1.165) is 24.3 Å². The number of carboxylic acids is 1. The molecule has 1 atom stereocenters. The molecule has 0 unspecified atom stereocenters. The van der Waals surface area contributed by atoms with Gasteiger partial charge in [0, 0.05) is 31.9 Å². The molecule has 1 saturated heterocycles. The topological polar surface area (TPSA) is 43.8 Å². The molecule has 1 aromatic heterocycles. The third kappa shape index (κ3) is 3.13. The highest BCUT2D eigenvalue weighted by molar-refractivity contribution is 7.08. The number of carbonyl (C=O) groups is 1. The predicted octanol–water partition coefficient (Wildman–Crippen LogP) is 2.84. The molecule has 1 aromatic carbocycles. The number of nitrogens with zero attached hydrogens (tertiary/aromatic N) is 2. The van der Waals surface area contributed by atoms with Crippen molar-refractivity contribution in [2.45, 2.75) is 6.04 Å². The summed E-state index contributed by atoms with van der Waals surface area (Å²) in [5, 5.41) is 13.3. The van der Waals surface area contributed by atoms with E-state index in [2.05, 4.69) is 4.90 Å². The molecule has 1 N–H and O–H groups in total. The first-order chi connectivity index (χ1) is 10.6. The van der Waals surface area contributed by atoms with Crippen molar-refractivity contribution < 1.29 is 14.3 Å². The van der Waals surface area contributed by atoms with E-state index >= 15 is 0 Å². The Morgan fingerprint density at radius 1 is 1.14 bits per heavy atom. The summed E-state index contributed by atoms with van der Waals surface area (Å²) in [4.78, 5) is 15.7. The molecule has 4 nitrogen and oxygen atoms in total. The van der Waals surface area contributed by atoms with Crippen LogP contribution in [0.15, 0.2) is 41.1 Å². The average Bonchev–Trinajstić information content (AvgIpc) is 3.03. The molecular weight excluding hydrogens is 303 g/mol. The zero-order valence-electron chi connectivity index (χ0n) is 12.0. The van der Waals surface area contributed by atoms with Gasteiger partial charge < -0.3 is 10.0 Å². The maximum absolute atomic E-state index is 13.0. The second kappa shape index (κ2) is 6.46. The van der Waals surface area contributed by atoms with Gasteiger partial charge >= 0.3 is 5.97 Å². The van der Waals surface area contributed by atoms with Crippen molar-refractivity contribution in [3.8, 4) is 0 Å². The van der Waals surface area contributed by atoms with Crippen LogP contribution in [0.5, 0.6) is 0 Å². The standard InChI is InChI=1S/C16H17FN2O2S/c17-13-1-3-14(4-2-13)18-6-8-19(9-7-18)15(16(20)21)12-5-10-22-11-12/h1-5,10-11,15H,6-9H2,(H,20,21)/t15-/m1/s1. The van der Waals surface area contributed by atoms with Gasteiger partial charge in [0.15, 0.2) is 0 Å². The van der Waals surface area contributed by atoms with E-state index in [0.29, 0.717) is 13.1 Å². The lowest BCUT2D eigenvalue weighted by Gasteiger charge is -2.38. The van der Waals surface area contributed by atoms with Gasteiger partial charge in [0.05, 0.1) is 0 Å². The van der Waals surface area contributed by atoms with Crippen molar-refractivity contribution in [1.82, 2.24) is 4.90 Å². The van der Waals surface area contributed by atoms with Crippen LogP contribution in [0, 0.1) is 5.82 Å². The van der Waals surface area contributed by atoms with Gasteiger partial charge in [0.2, 0.25) is 0 Å². The molecule has 1 aliphatic rings. The molecule has 1 aliphatic heterocycles. The Labute approximate surface area is 132 Å². The third-order valence-electron chi connectivity index (χ3n) is 3.96. The largest absolute Gasteiger partial charge is 0.480 e. The maximum Gasteiger partial charge on any atom is 0.325 e. The van der Waals surface area contributed by atoms with Crippen LogP contribution in [-0.4, -0.2) is 42.2 Å². The molecule has 0 radical (unpaired) electrons. The highest BCUT2D eigenvalue weighted by Gasteiger charge is 2.30. The Hall–Kier alpha value is -1.92. The van der Waals surface area contributed by atoms with E-state index in [9.17, 15) is 14.3 Å². The lowest BCUT2D eigenvalue weighted by atomic mass is 10.1. The van der Waals surface area contributed by atoms with E-state index in [4.69, 9.17) is 0 Å². The smallest absolute Gasteiger partial charge is 0.325 e. The van der Waals surface area contributed by atoms with Crippen molar-refractivity contribution in [2.24, 2.45) is 0 Å². The number of rotatable bonds is 4. The van der Waals surface area contributed by atoms with Crippen LogP contribution >= 0.6 is 11.3 Å². The van der Waals surface area contributed by atoms with Gasteiger partial charge in [-0.3, -0.25) is 9.69 Å². The molecule has 0 aliphatic carbocycles. The van der Waals surface area contributed by atoms with Gasteiger partial charge in [-0.15, -0.1) is 0 Å². The molecule has 1 fully saturated rings. The molecule has 3 rings (SSSR count). The van der Waals surface area contributed by atoms with Gasteiger partial charge in [-0.25, -0.2) is 4.39 Å². The SMILES string of the molecule is O=C(O)[C@@H](c1ccsc1)N1CCN(c2ccc(F)cc2)CC1. The van der Waals surface area contributed by atoms with Crippen LogP contribution in [0.2, 0.25) is 0 Å². The number of piperazine rings is 1. The van der Waals surface area contributed by atoms with Crippen molar-refractivity contribution >= 4 is 23.0 Å². The molecule has 0 saturated carbocycles. The normalized spacial score (nSPS) is 17.4. The van der Waals surface area contributed by atoms with E-state index < -0.39 is 12.0 Å². The van der Waals surface area contributed by atoms with Gasteiger partial charge in [0.1, 0.15) is 11.9 Å². The van der Waals surface area contributed by atoms with Gasteiger partial charge in [-0.2, -0.15) is 11.3 Å². The predicted molar refractivity (Wildman–Crippen MR) is 84.9 cm³/mol. The Morgan fingerprint density at radius 3 is 2.36 bits per heavy atom. The molecule has 116 valence electrons. The van der Waals surface area contributed by atoms with Crippen LogP contribution in [0.25, 0.3) is 0 Å².